The summed E-state index contributed by atoms with van der Waals surface area (Å²) < 4.78 is 4.91. The molecule has 0 bridgehead atoms. The molecule has 0 spiro atoms. The number of aromatic nitrogens is 2. The first kappa shape index (κ1) is 61.6. The van der Waals surface area contributed by atoms with Crippen LogP contribution in [0.25, 0.3) is 133 Å². The Balaban J connectivity index is 0.946. The average Bonchev–Trinajstić information content (AvgIpc) is 1.29. The molecule has 18 aromatic rings. The van der Waals surface area contributed by atoms with E-state index in [1.54, 1.807) is 0 Å². The van der Waals surface area contributed by atoms with Crippen molar-refractivity contribution >= 4 is 101 Å². The van der Waals surface area contributed by atoms with Gasteiger partial charge >= 0.3 is 0 Å². The molecule has 0 atom stereocenters. The summed E-state index contributed by atoms with van der Waals surface area (Å²) in [5, 5.41) is 4.88. The molecular formula is C100H71BN4. The topological polar surface area (TPSA) is 16.3 Å². The van der Waals surface area contributed by atoms with E-state index in [0.29, 0.717) is 0 Å². The molecule has 494 valence electrons. The number of para-hydroxylation sites is 4. The average molecular weight is 1340 g/mol. The minimum absolute atomic E-state index is 0.248. The smallest absolute Gasteiger partial charge is 0.252 e. The molecule has 16 aromatic carbocycles. The molecule has 4 nitrogen and oxygen atoms in total. The van der Waals surface area contributed by atoms with E-state index in [2.05, 4.69) is 416 Å². The second kappa shape index (κ2) is 24.8. The highest BCUT2D eigenvalue weighted by Crippen LogP contribution is 2.56. The second-order valence-corrected chi connectivity index (χ2v) is 29.1. The summed E-state index contributed by atoms with van der Waals surface area (Å²) in [5.74, 6) is 0. The van der Waals surface area contributed by atoms with Crippen molar-refractivity contribution in [1.29, 1.82) is 0 Å². The molecule has 4 heterocycles. The van der Waals surface area contributed by atoms with Gasteiger partial charge in [-0.25, -0.2) is 0 Å². The summed E-state index contributed by atoms with van der Waals surface area (Å²) in [5.41, 5.74) is 34.2. The van der Waals surface area contributed by atoms with Crippen LogP contribution in [0, 0.1) is 0 Å². The van der Waals surface area contributed by atoms with Gasteiger partial charge in [-0.1, -0.05) is 300 Å². The lowest BCUT2D eigenvalue weighted by molar-refractivity contribution is 0.590. The third-order valence-corrected chi connectivity index (χ3v) is 22.0. The molecule has 20 rings (SSSR count). The minimum Gasteiger partial charge on any atom is -0.310 e. The predicted molar refractivity (Wildman–Crippen MR) is 446 cm³/mol. The number of anilines is 6. The number of hydrogen-bond donors (Lipinski definition) is 0. The lowest BCUT2D eigenvalue weighted by Crippen LogP contribution is -2.61. The first-order valence-electron chi connectivity index (χ1n) is 36.6. The van der Waals surface area contributed by atoms with E-state index in [9.17, 15) is 0 Å². The zero-order chi connectivity index (χ0) is 69.9. The van der Waals surface area contributed by atoms with Crippen LogP contribution in [0.3, 0.4) is 0 Å². The molecule has 2 aromatic heterocycles. The van der Waals surface area contributed by atoms with Gasteiger partial charge in [0.1, 0.15) is 0 Å². The van der Waals surface area contributed by atoms with E-state index in [-0.39, 0.29) is 12.1 Å². The van der Waals surface area contributed by atoms with Crippen molar-refractivity contribution in [3.63, 3.8) is 0 Å². The fraction of sp³-hybridized carbons (Fsp3) is 0.0400. The Labute approximate surface area is 613 Å². The maximum atomic E-state index is 2.72. The molecule has 0 N–H and O–H groups in total. The molecule has 0 fully saturated rings. The highest BCUT2D eigenvalue weighted by molar-refractivity contribution is 7.00. The van der Waals surface area contributed by atoms with Gasteiger partial charge in [-0.15, -0.1) is 0 Å². The van der Waals surface area contributed by atoms with Gasteiger partial charge in [0.25, 0.3) is 6.71 Å². The van der Waals surface area contributed by atoms with Gasteiger partial charge in [0.15, 0.2) is 0 Å². The lowest BCUT2D eigenvalue weighted by atomic mass is 9.33. The van der Waals surface area contributed by atoms with Crippen LogP contribution in [0.5, 0.6) is 0 Å². The molecule has 105 heavy (non-hydrogen) atoms. The summed E-state index contributed by atoms with van der Waals surface area (Å²) in [4.78, 5) is 5.43. The Bertz CT molecular complexity index is 6240. The number of benzene rings is 16. The molecule has 2 aliphatic rings. The van der Waals surface area contributed by atoms with Crippen LogP contribution >= 0.6 is 0 Å². The van der Waals surface area contributed by atoms with Gasteiger partial charge in [0, 0.05) is 77.9 Å². The number of fused-ring (bicyclic) bond motifs is 10. The summed E-state index contributed by atoms with van der Waals surface area (Å²) in [6.07, 6.45) is 0. The van der Waals surface area contributed by atoms with Crippen LogP contribution in [0.15, 0.2) is 376 Å². The second-order valence-electron chi connectivity index (χ2n) is 29.1. The molecule has 0 radical (unpaired) electrons. The quantitative estimate of drug-likeness (QED) is 0.120. The molecular weight excluding hydrogens is 1270 g/mol. The van der Waals surface area contributed by atoms with Crippen LogP contribution in [0.2, 0.25) is 0 Å². The van der Waals surface area contributed by atoms with Gasteiger partial charge in [0.05, 0.1) is 33.4 Å². The Kier molecular flexibility index (Phi) is 14.6. The van der Waals surface area contributed by atoms with E-state index in [0.717, 1.165) is 134 Å². The SMILES string of the molecule is CC(C)(C)c1cc2c3c(c1)N(c1c(-c4ccccc4)cc(-c4ccccc4)cc1-c1ccccc1)c1cc(-n4c5ccccc5c5ccccc54)ccc1B3c1ccc(-c3ccc4c(c3)c3ccccc3n4-c3ccccc3)cc1N2c1c(-c2ccccc2)cc(-c2ccccc2)cc1-c1ccccc1. The van der Waals surface area contributed by atoms with Crippen LogP contribution in [0.4, 0.5) is 34.1 Å². The van der Waals surface area contributed by atoms with E-state index < -0.39 is 0 Å². The van der Waals surface area contributed by atoms with Gasteiger partial charge in [0.2, 0.25) is 0 Å². The van der Waals surface area contributed by atoms with Crippen LogP contribution in [0.1, 0.15) is 26.3 Å². The van der Waals surface area contributed by atoms with Crippen molar-refractivity contribution in [2.45, 2.75) is 26.2 Å². The summed E-state index contributed by atoms with van der Waals surface area (Å²) in [6.45, 7) is 6.93. The van der Waals surface area contributed by atoms with E-state index in [1.807, 2.05) is 0 Å². The Morgan fingerprint density at radius 1 is 0.229 bits per heavy atom. The molecule has 2 aliphatic heterocycles. The highest BCUT2D eigenvalue weighted by Gasteiger charge is 2.46. The monoisotopic (exact) mass is 1340 g/mol. The fourth-order valence-corrected chi connectivity index (χ4v) is 17.1. The Hall–Kier alpha value is -13.2. The Morgan fingerprint density at radius 3 is 0.990 bits per heavy atom. The van der Waals surface area contributed by atoms with Crippen molar-refractivity contribution in [2.75, 3.05) is 9.80 Å². The predicted octanol–water partition coefficient (Wildman–Crippen LogP) is 24.9. The third-order valence-electron chi connectivity index (χ3n) is 22.0. The first-order chi connectivity index (χ1) is 51.8. The number of rotatable bonds is 11. The van der Waals surface area contributed by atoms with Crippen molar-refractivity contribution in [2.24, 2.45) is 0 Å². The van der Waals surface area contributed by atoms with Crippen LogP contribution in [-0.2, 0) is 5.41 Å². The van der Waals surface area contributed by atoms with Gasteiger partial charge in [-0.2, -0.15) is 0 Å². The summed E-state index contributed by atoms with van der Waals surface area (Å²) >= 11 is 0. The van der Waals surface area contributed by atoms with Gasteiger partial charge in [-0.3, -0.25) is 0 Å². The maximum absolute atomic E-state index is 2.72. The van der Waals surface area contributed by atoms with Crippen LogP contribution in [-0.4, -0.2) is 15.8 Å². The normalized spacial score (nSPS) is 12.5. The maximum Gasteiger partial charge on any atom is 0.252 e. The van der Waals surface area contributed by atoms with Crippen molar-refractivity contribution < 1.29 is 0 Å². The van der Waals surface area contributed by atoms with E-state index in [4.69, 9.17) is 0 Å². The van der Waals surface area contributed by atoms with Crippen molar-refractivity contribution in [3.05, 3.63) is 382 Å². The highest BCUT2D eigenvalue weighted by atomic mass is 15.2. The molecule has 0 amide bonds. The molecule has 0 unspecified atom stereocenters. The standard InChI is InChI=1S/C100H71BN4/c1-100(2,3)76-63-95-97-96(64-76)105(99-84(70-39-19-8-20-40-70)60-75(67-33-13-5-14-34-67)61-85(99)71-41-21-9-22-42-71)94-65-78(103-89-48-28-25-45-79(89)80-46-26-29-49-90(80)103)53-55-88(94)101(97)87-54-51-73(72-52-56-92-86(57-72)81-47-27-30-50-91(81)102(92)77-43-23-10-24-44-77)62-93(87)104(95)98-82(68-35-15-6-16-36-68)58-74(66-31-11-4-12-32-66)59-83(98)69-37-17-7-18-38-69/h4-65H,1-3H3. The largest absolute Gasteiger partial charge is 0.310 e. The number of nitrogens with zero attached hydrogens (tertiary/aromatic N) is 4. The zero-order valence-corrected chi connectivity index (χ0v) is 58.7. The minimum atomic E-state index is -0.344. The van der Waals surface area contributed by atoms with Crippen molar-refractivity contribution in [3.8, 4) is 89.3 Å². The van der Waals surface area contributed by atoms with Crippen molar-refractivity contribution in [1.82, 2.24) is 9.13 Å². The molecule has 0 saturated carbocycles. The zero-order valence-electron chi connectivity index (χ0n) is 58.7. The van der Waals surface area contributed by atoms with Crippen LogP contribution < -0.4 is 26.2 Å². The summed E-state index contributed by atoms with van der Waals surface area (Å²) in [6, 6.07) is 141. The Morgan fingerprint density at radius 2 is 0.562 bits per heavy atom. The lowest BCUT2D eigenvalue weighted by Gasteiger charge is -2.46. The molecule has 0 saturated heterocycles. The first-order valence-corrected chi connectivity index (χ1v) is 36.6. The fourth-order valence-electron chi connectivity index (χ4n) is 17.1. The van der Waals surface area contributed by atoms with E-state index >= 15 is 0 Å². The third kappa shape index (κ3) is 10.2. The molecule has 5 heteroatoms. The summed E-state index contributed by atoms with van der Waals surface area (Å²) in [7, 11) is 0. The van der Waals surface area contributed by atoms with Gasteiger partial charge in [-0.05, 0) is 180 Å². The van der Waals surface area contributed by atoms with E-state index in [1.165, 1.54) is 54.5 Å². The number of hydrogen-bond acceptors (Lipinski definition) is 2. The van der Waals surface area contributed by atoms with Gasteiger partial charge < -0.3 is 18.9 Å². The molecule has 0 aliphatic carbocycles.